The van der Waals surface area contributed by atoms with Gasteiger partial charge in [-0.15, -0.1) is 0 Å². The maximum absolute atomic E-state index is 11.9. The summed E-state index contributed by atoms with van der Waals surface area (Å²) in [5, 5.41) is 4.30. The highest BCUT2D eigenvalue weighted by molar-refractivity contribution is 7.13. The molecule has 0 radical (unpaired) electrons. The van der Waals surface area contributed by atoms with Crippen molar-refractivity contribution in [2.45, 2.75) is 18.9 Å². The van der Waals surface area contributed by atoms with E-state index in [9.17, 15) is 4.79 Å². The summed E-state index contributed by atoms with van der Waals surface area (Å²) < 4.78 is 5.86. The van der Waals surface area contributed by atoms with Crippen LogP contribution in [0.25, 0.3) is 10.1 Å². The summed E-state index contributed by atoms with van der Waals surface area (Å²) in [6, 6.07) is 8.84. The fourth-order valence-corrected chi connectivity index (χ4v) is 3.72. The van der Waals surface area contributed by atoms with Gasteiger partial charge in [0.15, 0.2) is 0 Å². The Labute approximate surface area is 134 Å². The zero-order valence-corrected chi connectivity index (χ0v) is 13.3. The van der Waals surface area contributed by atoms with Crippen LogP contribution >= 0.6 is 11.5 Å². The van der Waals surface area contributed by atoms with E-state index in [1.165, 1.54) is 10.1 Å². The molecule has 1 N–H and O–H groups in total. The third-order valence-electron chi connectivity index (χ3n) is 4.34. The molecule has 2 aromatic rings. The number of rotatable bonds is 4. The molecule has 1 saturated carbocycles. The lowest BCUT2D eigenvalue weighted by atomic mass is 10.2. The fourth-order valence-electron chi connectivity index (χ4n) is 2.92. The van der Waals surface area contributed by atoms with Crippen molar-refractivity contribution in [2.75, 3.05) is 37.6 Å². The Morgan fingerprint density at radius 1 is 1.23 bits per heavy atom. The lowest BCUT2D eigenvalue weighted by Gasteiger charge is -2.34. The molecule has 4 rings (SSSR count). The maximum Gasteiger partial charge on any atom is 0.234 e. The first-order chi connectivity index (χ1) is 10.8. The van der Waals surface area contributed by atoms with Gasteiger partial charge in [0, 0.05) is 37.6 Å². The van der Waals surface area contributed by atoms with E-state index >= 15 is 0 Å². The third-order valence-corrected chi connectivity index (χ3v) is 5.16. The molecule has 1 aliphatic carbocycles. The van der Waals surface area contributed by atoms with E-state index in [4.69, 9.17) is 0 Å². The van der Waals surface area contributed by atoms with E-state index in [1.807, 2.05) is 0 Å². The quantitative estimate of drug-likeness (QED) is 0.933. The van der Waals surface area contributed by atoms with Crippen LogP contribution in [-0.4, -0.2) is 53.9 Å². The minimum absolute atomic E-state index is 0.176. The molecular formula is C16H20N4OS. The van der Waals surface area contributed by atoms with Gasteiger partial charge in [0.1, 0.15) is 5.82 Å². The highest BCUT2D eigenvalue weighted by atomic mass is 32.1. The van der Waals surface area contributed by atoms with Gasteiger partial charge in [0.05, 0.1) is 11.2 Å². The first-order valence-electron chi connectivity index (χ1n) is 7.91. The molecule has 22 heavy (non-hydrogen) atoms. The molecule has 2 heterocycles. The highest BCUT2D eigenvalue weighted by Crippen LogP contribution is 2.29. The van der Waals surface area contributed by atoms with Crippen molar-refractivity contribution >= 4 is 33.3 Å². The molecule has 0 unspecified atom stereocenters. The minimum Gasteiger partial charge on any atom is -0.353 e. The number of carbonyl (C=O) groups excluding carboxylic acids is 1. The van der Waals surface area contributed by atoms with Crippen molar-refractivity contribution in [3.63, 3.8) is 0 Å². The summed E-state index contributed by atoms with van der Waals surface area (Å²) in [6.45, 7) is 4.24. The number of amides is 1. The Kier molecular flexibility index (Phi) is 3.72. The summed E-state index contributed by atoms with van der Waals surface area (Å²) >= 11 is 1.56. The topological polar surface area (TPSA) is 48.5 Å². The predicted molar refractivity (Wildman–Crippen MR) is 89.4 cm³/mol. The van der Waals surface area contributed by atoms with Crippen molar-refractivity contribution in [2.24, 2.45) is 0 Å². The lowest BCUT2D eigenvalue weighted by Crippen LogP contribution is -2.49. The van der Waals surface area contributed by atoms with E-state index in [-0.39, 0.29) is 5.91 Å². The second-order valence-corrected chi connectivity index (χ2v) is 6.91. The van der Waals surface area contributed by atoms with Crippen molar-refractivity contribution in [1.29, 1.82) is 0 Å². The number of benzene rings is 1. The molecule has 0 spiro atoms. The van der Waals surface area contributed by atoms with Gasteiger partial charge >= 0.3 is 0 Å². The molecular weight excluding hydrogens is 296 g/mol. The molecule has 2 aliphatic rings. The number of hydrogen-bond donors (Lipinski definition) is 1. The van der Waals surface area contributed by atoms with Gasteiger partial charge in [-0.1, -0.05) is 12.1 Å². The SMILES string of the molecule is O=C(CN1CCN(c2nsc3ccccc23)CC1)NC1CC1. The van der Waals surface area contributed by atoms with Gasteiger partial charge in [0.25, 0.3) is 0 Å². The van der Waals surface area contributed by atoms with Crippen LogP contribution in [0.3, 0.4) is 0 Å². The monoisotopic (exact) mass is 316 g/mol. The van der Waals surface area contributed by atoms with Crippen LogP contribution in [0.2, 0.25) is 0 Å². The summed E-state index contributed by atoms with van der Waals surface area (Å²) in [6.07, 6.45) is 2.30. The van der Waals surface area contributed by atoms with Crippen molar-refractivity contribution < 1.29 is 4.79 Å². The summed E-state index contributed by atoms with van der Waals surface area (Å²) in [5.41, 5.74) is 0. The van der Waals surface area contributed by atoms with Gasteiger partial charge in [0.2, 0.25) is 5.91 Å². The van der Waals surface area contributed by atoms with Crippen molar-refractivity contribution in [3.8, 4) is 0 Å². The van der Waals surface area contributed by atoms with Gasteiger partial charge < -0.3 is 10.2 Å². The number of aromatic nitrogens is 1. The zero-order valence-electron chi connectivity index (χ0n) is 12.5. The normalized spacial score (nSPS) is 19.5. The first kappa shape index (κ1) is 14.0. The van der Waals surface area contributed by atoms with Gasteiger partial charge in [-0.2, -0.15) is 4.37 Å². The molecule has 6 heteroatoms. The second kappa shape index (κ2) is 5.85. The molecule has 0 bridgehead atoms. The predicted octanol–water partition coefficient (Wildman–Crippen LogP) is 1.70. The van der Waals surface area contributed by atoms with Crippen LogP contribution in [0.1, 0.15) is 12.8 Å². The second-order valence-electron chi connectivity index (χ2n) is 6.11. The average molecular weight is 316 g/mol. The molecule has 1 aromatic carbocycles. The first-order valence-corrected chi connectivity index (χ1v) is 8.68. The van der Waals surface area contributed by atoms with Crippen LogP contribution in [0.15, 0.2) is 24.3 Å². The molecule has 5 nitrogen and oxygen atoms in total. The van der Waals surface area contributed by atoms with Crippen LogP contribution in [-0.2, 0) is 4.79 Å². The Morgan fingerprint density at radius 2 is 2.00 bits per heavy atom. The number of nitrogens with zero attached hydrogens (tertiary/aromatic N) is 3. The zero-order chi connectivity index (χ0) is 14.9. The Bertz CT molecular complexity index is 674. The summed E-state index contributed by atoms with van der Waals surface area (Å²) in [7, 11) is 0. The van der Waals surface area contributed by atoms with Crippen LogP contribution in [0.5, 0.6) is 0 Å². The lowest BCUT2D eigenvalue weighted by molar-refractivity contribution is -0.122. The molecule has 1 amide bonds. The molecule has 2 fully saturated rings. The Morgan fingerprint density at radius 3 is 2.77 bits per heavy atom. The largest absolute Gasteiger partial charge is 0.353 e. The number of piperazine rings is 1. The van der Waals surface area contributed by atoms with E-state index < -0.39 is 0 Å². The molecule has 1 aromatic heterocycles. The number of carbonyl (C=O) groups is 1. The average Bonchev–Trinajstić information content (AvgIpc) is 3.24. The van der Waals surface area contributed by atoms with E-state index in [2.05, 4.69) is 43.8 Å². The Hall–Kier alpha value is -1.66. The van der Waals surface area contributed by atoms with E-state index in [1.54, 1.807) is 11.5 Å². The smallest absolute Gasteiger partial charge is 0.234 e. The maximum atomic E-state index is 11.9. The van der Waals surface area contributed by atoms with E-state index in [0.29, 0.717) is 12.6 Å². The molecule has 1 aliphatic heterocycles. The van der Waals surface area contributed by atoms with Crippen molar-refractivity contribution in [1.82, 2.24) is 14.6 Å². The third kappa shape index (κ3) is 2.94. The fraction of sp³-hybridized carbons (Fsp3) is 0.500. The number of hydrogen-bond acceptors (Lipinski definition) is 5. The van der Waals surface area contributed by atoms with Gasteiger partial charge in [-0.3, -0.25) is 9.69 Å². The number of fused-ring (bicyclic) bond motifs is 1. The van der Waals surface area contributed by atoms with Crippen LogP contribution < -0.4 is 10.2 Å². The van der Waals surface area contributed by atoms with Crippen molar-refractivity contribution in [3.05, 3.63) is 24.3 Å². The van der Waals surface area contributed by atoms with Crippen LogP contribution in [0.4, 0.5) is 5.82 Å². The molecule has 0 atom stereocenters. The summed E-state index contributed by atoms with van der Waals surface area (Å²) in [5.74, 6) is 1.28. The molecule has 116 valence electrons. The van der Waals surface area contributed by atoms with Gasteiger partial charge in [-0.25, -0.2) is 0 Å². The standard InChI is InChI=1S/C16H20N4OS/c21-15(17-12-5-6-12)11-19-7-9-20(10-8-19)16-13-3-1-2-4-14(13)22-18-16/h1-4,12H,5-11H2,(H,17,21). The number of nitrogens with one attached hydrogen (secondary N) is 1. The Balaban J connectivity index is 1.36. The minimum atomic E-state index is 0.176. The molecule has 1 saturated heterocycles. The van der Waals surface area contributed by atoms with Crippen LogP contribution in [0, 0.1) is 0 Å². The highest BCUT2D eigenvalue weighted by Gasteiger charge is 2.26. The summed E-state index contributed by atoms with van der Waals surface area (Å²) in [4.78, 5) is 16.4. The number of anilines is 1. The van der Waals surface area contributed by atoms with Gasteiger partial charge in [-0.05, 0) is 36.5 Å². The van der Waals surface area contributed by atoms with E-state index in [0.717, 1.165) is 44.8 Å².